The Morgan fingerprint density at radius 3 is 2.32 bits per heavy atom. The van der Waals surface area contributed by atoms with Crippen LogP contribution in [-0.2, 0) is 20.9 Å². The predicted molar refractivity (Wildman–Crippen MR) is 97.0 cm³/mol. The lowest BCUT2D eigenvalue weighted by molar-refractivity contribution is -0.384. The molecule has 2 aromatic rings. The average Bonchev–Trinajstić information content (AvgIpc) is 2.72. The number of hydrogen-bond donors (Lipinski definition) is 1. The van der Waals surface area contributed by atoms with Gasteiger partial charge in [-0.2, -0.15) is 0 Å². The summed E-state index contributed by atoms with van der Waals surface area (Å²) in [6.07, 6.45) is -1.07. The Balaban J connectivity index is 2.24. The average molecular weight is 386 g/mol. The maximum Gasteiger partial charge on any atom is 0.421 e. The first-order chi connectivity index (χ1) is 13.4. The Labute approximate surface area is 159 Å². The molecule has 0 aliphatic heterocycles. The Bertz CT molecular complexity index is 896. The van der Waals surface area contributed by atoms with Gasteiger partial charge < -0.3 is 15.2 Å². The number of nitro groups is 1. The number of hydrogen-bond acceptors (Lipinski definition) is 8. The van der Waals surface area contributed by atoms with Gasteiger partial charge in [0, 0.05) is 12.1 Å². The van der Waals surface area contributed by atoms with Crippen LogP contribution in [0.5, 0.6) is 0 Å². The number of imide groups is 1. The number of nitro benzene ring substituents is 1. The molecule has 0 fully saturated rings. The van der Waals surface area contributed by atoms with E-state index in [1.165, 1.54) is 48.5 Å². The zero-order valence-corrected chi connectivity index (χ0v) is 14.6. The van der Waals surface area contributed by atoms with Crippen LogP contribution in [0.15, 0.2) is 48.5 Å². The summed E-state index contributed by atoms with van der Waals surface area (Å²) < 4.78 is 9.52. The van der Waals surface area contributed by atoms with E-state index in [1.54, 1.807) is 0 Å². The fourth-order valence-corrected chi connectivity index (χ4v) is 2.27. The van der Waals surface area contributed by atoms with Crippen LogP contribution in [0, 0.1) is 17.2 Å². The first-order valence-electron chi connectivity index (χ1n) is 7.87. The van der Waals surface area contributed by atoms with Gasteiger partial charge in [-0.1, -0.05) is 12.1 Å². The molecular weight excluding hydrogens is 370 g/mol. The minimum Gasteiger partial charge on any atom is -0.458 e. The summed E-state index contributed by atoms with van der Waals surface area (Å²) in [5.74, 6) is -1.66. The number of nitrogens with two attached hydrogens (primary N) is 1. The molecular formula is C18H16N3O7. The van der Waals surface area contributed by atoms with E-state index >= 15 is 0 Å². The molecule has 0 unspecified atom stereocenters. The number of anilines is 1. The zero-order chi connectivity index (χ0) is 20.7. The molecule has 1 radical (unpaired) electrons. The maximum atomic E-state index is 12.5. The van der Waals surface area contributed by atoms with Crippen LogP contribution in [0.4, 0.5) is 16.2 Å². The van der Waals surface area contributed by atoms with Crippen molar-refractivity contribution in [3.63, 3.8) is 0 Å². The molecule has 0 aromatic heterocycles. The predicted octanol–water partition coefficient (Wildman–Crippen LogP) is 2.17. The molecule has 2 N–H and O–H groups in total. The van der Waals surface area contributed by atoms with Gasteiger partial charge in [-0.05, 0) is 29.8 Å². The largest absolute Gasteiger partial charge is 0.458 e. The minimum absolute atomic E-state index is 0.0692. The lowest BCUT2D eigenvalue weighted by atomic mass is 10.1. The summed E-state index contributed by atoms with van der Waals surface area (Å²) in [5.41, 5.74) is 5.57. The topological polar surface area (TPSA) is 142 Å². The van der Waals surface area contributed by atoms with Gasteiger partial charge in [0.25, 0.3) is 5.69 Å². The Hall–Kier alpha value is -3.79. The second-order valence-corrected chi connectivity index (χ2v) is 5.36. The number of benzene rings is 2. The first kappa shape index (κ1) is 20.5. The van der Waals surface area contributed by atoms with Crippen LogP contribution in [0.2, 0.25) is 0 Å². The SMILES string of the molecule is [CH2]OC(=O)c1ccccc1N(C(=O)CN)C(=O)OCc1ccc([N+](=O)[O-])cc1. The fourth-order valence-electron chi connectivity index (χ4n) is 2.27. The number of non-ortho nitro benzene ring substituents is 1. The van der Waals surface area contributed by atoms with Crippen molar-refractivity contribution in [3.05, 3.63) is 76.9 Å². The van der Waals surface area contributed by atoms with Crippen LogP contribution >= 0.6 is 0 Å². The molecule has 0 saturated carbocycles. The van der Waals surface area contributed by atoms with Crippen molar-refractivity contribution in [1.29, 1.82) is 0 Å². The second kappa shape index (κ2) is 9.24. The Kier molecular flexibility index (Phi) is 6.77. The smallest absolute Gasteiger partial charge is 0.421 e. The molecule has 0 bridgehead atoms. The summed E-state index contributed by atoms with van der Waals surface area (Å²) in [5, 5.41) is 10.7. The Morgan fingerprint density at radius 2 is 1.75 bits per heavy atom. The highest BCUT2D eigenvalue weighted by Gasteiger charge is 2.28. The molecule has 0 atom stereocenters. The number of rotatable bonds is 6. The number of amides is 2. The third-order valence-corrected chi connectivity index (χ3v) is 3.61. The van der Waals surface area contributed by atoms with Gasteiger partial charge in [-0.25, -0.2) is 14.5 Å². The first-order valence-corrected chi connectivity index (χ1v) is 7.87. The highest BCUT2D eigenvalue weighted by molar-refractivity contribution is 6.16. The van der Waals surface area contributed by atoms with E-state index in [1.807, 2.05) is 0 Å². The molecule has 10 heteroatoms. The third kappa shape index (κ3) is 4.68. The van der Waals surface area contributed by atoms with E-state index < -0.39 is 29.4 Å². The van der Waals surface area contributed by atoms with E-state index in [0.717, 1.165) is 0 Å². The van der Waals surface area contributed by atoms with Crippen LogP contribution in [-0.4, -0.2) is 29.4 Å². The molecule has 2 rings (SSSR count). The monoisotopic (exact) mass is 386 g/mol. The van der Waals surface area contributed by atoms with Gasteiger partial charge in [-0.15, -0.1) is 0 Å². The number of nitrogens with zero attached hydrogens (tertiary/aromatic N) is 2. The van der Waals surface area contributed by atoms with Crippen molar-refractivity contribution in [2.24, 2.45) is 5.73 Å². The van der Waals surface area contributed by atoms with Gasteiger partial charge in [0.1, 0.15) is 13.7 Å². The van der Waals surface area contributed by atoms with Gasteiger partial charge >= 0.3 is 12.1 Å². The van der Waals surface area contributed by atoms with Gasteiger partial charge in [0.05, 0.1) is 22.7 Å². The lowest BCUT2D eigenvalue weighted by Crippen LogP contribution is -2.42. The van der Waals surface area contributed by atoms with Gasteiger partial charge in [0.15, 0.2) is 0 Å². The van der Waals surface area contributed by atoms with Crippen LogP contribution < -0.4 is 10.6 Å². The zero-order valence-electron chi connectivity index (χ0n) is 14.6. The quantitative estimate of drug-likeness (QED) is 0.452. The number of para-hydroxylation sites is 1. The summed E-state index contributed by atoms with van der Waals surface area (Å²) >= 11 is 0. The molecule has 0 aliphatic rings. The van der Waals surface area contributed by atoms with Crippen molar-refractivity contribution in [2.75, 3.05) is 11.4 Å². The van der Waals surface area contributed by atoms with Crippen molar-refractivity contribution in [1.82, 2.24) is 0 Å². The normalized spacial score (nSPS) is 10.1. The molecule has 0 spiro atoms. The standard InChI is InChI=1S/C18H16N3O7/c1-27-17(23)14-4-2-3-5-15(14)20(16(22)10-19)18(24)28-11-12-6-8-13(9-7-12)21(25)26/h2-9H,1,10-11,19H2. The number of ether oxygens (including phenoxy) is 2. The molecule has 0 heterocycles. The summed E-state index contributed by atoms with van der Waals surface area (Å²) in [4.78, 5) is 47.3. The fraction of sp³-hybridized carbons (Fsp3) is 0.111. The lowest BCUT2D eigenvalue weighted by Gasteiger charge is -2.21. The van der Waals surface area contributed by atoms with E-state index in [-0.39, 0.29) is 23.5 Å². The van der Waals surface area contributed by atoms with Crippen molar-refractivity contribution >= 4 is 29.3 Å². The van der Waals surface area contributed by atoms with Crippen molar-refractivity contribution in [2.45, 2.75) is 6.61 Å². The number of carbonyl (C=O) groups excluding carboxylic acids is 3. The van der Waals surface area contributed by atoms with E-state index in [4.69, 9.17) is 10.5 Å². The molecule has 28 heavy (non-hydrogen) atoms. The van der Waals surface area contributed by atoms with Crippen molar-refractivity contribution in [3.8, 4) is 0 Å². The van der Waals surface area contributed by atoms with E-state index in [2.05, 4.69) is 11.8 Å². The van der Waals surface area contributed by atoms with Gasteiger partial charge in [-0.3, -0.25) is 14.9 Å². The Morgan fingerprint density at radius 1 is 1.11 bits per heavy atom. The number of carbonyl (C=O) groups is 3. The van der Waals surface area contributed by atoms with Gasteiger partial charge in [0.2, 0.25) is 5.91 Å². The van der Waals surface area contributed by atoms with Crippen LogP contribution in [0.1, 0.15) is 15.9 Å². The minimum atomic E-state index is -1.07. The molecule has 10 nitrogen and oxygen atoms in total. The van der Waals surface area contributed by atoms with Crippen molar-refractivity contribution < 1.29 is 28.8 Å². The number of esters is 1. The molecule has 0 aliphatic carbocycles. The molecule has 0 saturated heterocycles. The maximum absolute atomic E-state index is 12.5. The highest BCUT2D eigenvalue weighted by atomic mass is 16.6. The summed E-state index contributed by atoms with van der Waals surface area (Å²) in [6.45, 7) is -0.770. The summed E-state index contributed by atoms with van der Waals surface area (Å²) in [6, 6.07) is 11.1. The highest BCUT2D eigenvalue weighted by Crippen LogP contribution is 2.23. The van der Waals surface area contributed by atoms with Crippen LogP contribution in [0.3, 0.4) is 0 Å². The second-order valence-electron chi connectivity index (χ2n) is 5.36. The molecule has 2 amide bonds. The van der Waals surface area contributed by atoms with E-state index in [9.17, 15) is 24.5 Å². The molecule has 145 valence electrons. The van der Waals surface area contributed by atoms with E-state index in [0.29, 0.717) is 10.5 Å². The van der Waals surface area contributed by atoms with Crippen LogP contribution in [0.25, 0.3) is 0 Å². The summed E-state index contributed by atoms with van der Waals surface area (Å²) in [7, 11) is 3.03. The molecule has 2 aromatic carbocycles. The third-order valence-electron chi connectivity index (χ3n) is 3.61.